The summed E-state index contributed by atoms with van der Waals surface area (Å²) in [7, 11) is 0. The van der Waals surface area contributed by atoms with Crippen molar-refractivity contribution in [1.29, 1.82) is 0 Å². The van der Waals surface area contributed by atoms with E-state index < -0.39 is 0 Å². The van der Waals surface area contributed by atoms with Crippen molar-refractivity contribution in [2.75, 3.05) is 23.7 Å². The van der Waals surface area contributed by atoms with Crippen molar-refractivity contribution in [2.24, 2.45) is 0 Å². The van der Waals surface area contributed by atoms with Crippen LogP contribution in [-0.2, 0) is 0 Å². The van der Waals surface area contributed by atoms with Gasteiger partial charge < -0.3 is 16.0 Å². The van der Waals surface area contributed by atoms with E-state index in [1.165, 1.54) is 30.6 Å². The predicted molar refractivity (Wildman–Crippen MR) is 86.8 cm³/mol. The molecule has 1 amide bonds. The number of hydrogen-bond donors (Lipinski definition) is 2. The van der Waals surface area contributed by atoms with Gasteiger partial charge in [-0.05, 0) is 38.5 Å². The maximum atomic E-state index is 12.4. The summed E-state index contributed by atoms with van der Waals surface area (Å²) in [5, 5.41) is 3.96. The zero-order valence-corrected chi connectivity index (χ0v) is 13.0. The standard InChI is InChI=1S/C15H22N4OS/c16-13-12(14(20)17-11-7-3-1-4-8-11)21-15(18-13)19-9-5-2-6-10-19/h1,3,11H,2,4-10,16H2,(H,17,20). The molecule has 6 heteroatoms. The van der Waals surface area contributed by atoms with Gasteiger partial charge in [-0.1, -0.05) is 23.5 Å². The molecule has 0 aromatic carbocycles. The van der Waals surface area contributed by atoms with Crippen molar-refractivity contribution in [2.45, 2.75) is 44.6 Å². The second-order valence-corrected chi connectivity index (χ2v) is 6.69. The molecule has 5 nitrogen and oxygen atoms in total. The molecule has 1 saturated heterocycles. The fraction of sp³-hybridized carbons (Fsp3) is 0.600. The van der Waals surface area contributed by atoms with Crippen LogP contribution < -0.4 is 16.0 Å². The van der Waals surface area contributed by atoms with E-state index in [4.69, 9.17) is 5.73 Å². The molecule has 1 fully saturated rings. The van der Waals surface area contributed by atoms with Gasteiger partial charge in [0, 0.05) is 19.1 Å². The molecule has 0 radical (unpaired) electrons. The molecule has 1 aromatic heterocycles. The van der Waals surface area contributed by atoms with Gasteiger partial charge in [0.15, 0.2) is 5.13 Å². The predicted octanol–water partition coefficient (Wildman–Crippen LogP) is 2.55. The Bertz CT molecular complexity index is 534. The Kier molecular flexibility index (Phi) is 4.43. The molecule has 0 saturated carbocycles. The van der Waals surface area contributed by atoms with Crippen molar-refractivity contribution >= 4 is 28.2 Å². The van der Waals surface area contributed by atoms with E-state index in [1.54, 1.807) is 0 Å². The number of allylic oxidation sites excluding steroid dienone is 1. The molecule has 1 unspecified atom stereocenters. The number of piperidine rings is 1. The summed E-state index contributed by atoms with van der Waals surface area (Å²) < 4.78 is 0. The third-order valence-electron chi connectivity index (χ3n) is 4.08. The van der Waals surface area contributed by atoms with Crippen molar-refractivity contribution in [3.63, 3.8) is 0 Å². The number of amides is 1. The molecule has 114 valence electrons. The number of nitrogens with two attached hydrogens (primary N) is 1. The topological polar surface area (TPSA) is 71.2 Å². The first-order valence-electron chi connectivity index (χ1n) is 7.71. The lowest BCUT2D eigenvalue weighted by Crippen LogP contribution is -2.35. The first-order valence-corrected chi connectivity index (χ1v) is 8.53. The van der Waals surface area contributed by atoms with Gasteiger partial charge in [-0.15, -0.1) is 0 Å². The van der Waals surface area contributed by atoms with Crippen LogP contribution >= 0.6 is 11.3 Å². The van der Waals surface area contributed by atoms with E-state index >= 15 is 0 Å². The fourth-order valence-corrected chi connectivity index (χ4v) is 3.82. The first kappa shape index (κ1) is 14.4. The molecular weight excluding hydrogens is 284 g/mol. The van der Waals surface area contributed by atoms with Crippen molar-refractivity contribution < 1.29 is 4.79 Å². The zero-order valence-electron chi connectivity index (χ0n) is 12.2. The van der Waals surface area contributed by atoms with Gasteiger partial charge in [0.05, 0.1) is 0 Å². The zero-order chi connectivity index (χ0) is 14.7. The Hall–Kier alpha value is -1.56. The number of nitrogen functional groups attached to an aromatic ring is 1. The van der Waals surface area contributed by atoms with Gasteiger partial charge in [-0.2, -0.15) is 0 Å². The highest BCUT2D eigenvalue weighted by Crippen LogP contribution is 2.30. The summed E-state index contributed by atoms with van der Waals surface area (Å²) in [4.78, 5) is 19.6. The molecule has 1 aliphatic carbocycles. The van der Waals surface area contributed by atoms with Crippen LogP contribution in [0.2, 0.25) is 0 Å². The molecule has 0 spiro atoms. The largest absolute Gasteiger partial charge is 0.382 e. The highest BCUT2D eigenvalue weighted by molar-refractivity contribution is 7.18. The monoisotopic (exact) mass is 306 g/mol. The van der Waals surface area contributed by atoms with Crippen molar-refractivity contribution in [3.05, 3.63) is 17.0 Å². The summed E-state index contributed by atoms with van der Waals surface area (Å²) in [6.07, 6.45) is 10.9. The normalized spacial score (nSPS) is 22.3. The number of rotatable bonds is 3. The number of hydrogen-bond acceptors (Lipinski definition) is 5. The van der Waals surface area contributed by atoms with E-state index in [0.29, 0.717) is 10.7 Å². The Morgan fingerprint density at radius 1 is 1.33 bits per heavy atom. The lowest BCUT2D eigenvalue weighted by Gasteiger charge is -2.25. The molecule has 2 heterocycles. The average Bonchev–Trinajstić information content (AvgIpc) is 2.91. The van der Waals surface area contributed by atoms with Crippen LogP contribution in [0.25, 0.3) is 0 Å². The Balaban J connectivity index is 1.68. The quantitative estimate of drug-likeness (QED) is 0.842. The molecular formula is C15H22N4OS. The smallest absolute Gasteiger partial charge is 0.265 e. The van der Waals surface area contributed by atoms with Crippen molar-refractivity contribution in [3.8, 4) is 0 Å². The van der Waals surface area contributed by atoms with E-state index in [2.05, 4.69) is 27.4 Å². The second kappa shape index (κ2) is 6.47. The van der Waals surface area contributed by atoms with Crippen LogP contribution in [0, 0.1) is 0 Å². The minimum atomic E-state index is -0.0754. The summed E-state index contributed by atoms with van der Waals surface area (Å²) >= 11 is 1.42. The number of carbonyl (C=O) groups excluding carboxylic acids is 1. The fourth-order valence-electron chi connectivity index (χ4n) is 2.88. The van der Waals surface area contributed by atoms with Crippen LogP contribution in [0.3, 0.4) is 0 Å². The highest BCUT2D eigenvalue weighted by Gasteiger charge is 2.22. The molecule has 0 bridgehead atoms. The third kappa shape index (κ3) is 3.37. The number of aromatic nitrogens is 1. The number of carbonyl (C=O) groups is 1. The average molecular weight is 306 g/mol. The van der Waals surface area contributed by atoms with E-state index in [-0.39, 0.29) is 11.9 Å². The summed E-state index contributed by atoms with van der Waals surface area (Å²) in [6, 6.07) is 0.224. The molecule has 1 aromatic rings. The van der Waals surface area contributed by atoms with Gasteiger partial charge in [0.1, 0.15) is 10.7 Å². The van der Waals surface area contributed by atoms with Crippen LogP contribution in [0.15, 0.2) is 12.2 Å². The molecule has 2 aliphatic rings. The second-order valence-electron chi connectivity index (χ2n) is 5.71. The SMILES string of the molecule is Nc1nc(N2CCCCC2)sc1C(=O)NC1CC=CCC1. The Morgan fingerprint density at radius 3 is 2.86 bits per heavy atom. The maximum Gasteiger partial charge on any atom is 0.265 e. The van der Waals surface area contributed by atoms with Crippen LogP contribution in [0.5, 0.6) is 0 Å². The van der Waals surface area contributed by atoms with Crippen molar-refractivity contribution in [1.82, 2.24) is 10.3 Å². The molecule has 3 rings (SSSR count). The van der Waals surface area contributed by atoms with Crippen LogP contribution in [0.1, 0.15) is 48.2 Å². The van der Waals surface area contributed by atoms with E-state index in [1.807, 2.05) is 0 Å². The summed E-state index contributed by atoms with van der Waals surface area (Å²) in [5.74, 6) is 0.290. The van der Waals surface area contributed by atoms with Crippen LogP contribution in [0.4, 0.5) is 10.9 Å². The minimum Gasteiger partial charge on any atom is -0.382 e. The maximum absolute atomic E-state index is 12.4. The minimum absolute atomic E-state index is 0.0754. The molecule has 1 atom stereocenters. The van der Waals surface area contributed by atoms with Gasteiger partial charge in [0.25, 0.3) is 5.91 Å². The number of nitrogens with zero attached hydrogens (tertiary/aromatic N) is 2. The lowest BCUT2D eigenvalue weighted by molar-refractivity contribution is 0.0939. The summed E-state index contributed by atoms with van der Waals surface area (Å²) in [5.41, 5.74) is 5.95. The van der Waals surface area contributed by atoms with E-state index in [0.717, 1.165) is 37.5 Å². The first-order chi connectivity index (χ1) is 10.2. The van der Waals surface area contributed by atoms with Gasteiger partial charge >= 0.3 is 0 Å². The van der Waals surface area contributed by atoms with Gasteiger partial charge in [0.2, 0.25) is 0 Å². The Labute approximate surface area is 129 Å². The third-order valence-corrected chi connectivity index (χ3v) is 5.21. The molecule has 3 N–H and O–H groups in total. The van der Waals surface area contributed by atoms with Crippen LogP contribution in [-0.4, -0.2) is 30.0 Å². The lowest BCUT2D eigenvalue weighted by atomic mass is 10.0. The van der Waals surface area contributed by atoms with E-state index in [9.17, 15) is 4.79 Å². The Morgan fingerprint density at radius 2 is 2.14 bits per heavy atom. The summed E-state index contributed by atoms with van der Waals surface area (Å²) in [6.45, 7) is 2.03. The molecule has 1 aliphatic heterocycles. The van der Waals surface area contributed by atoms with Gasteiger partial charge in [-0.25, -0.2) is 4.98 Å². The van der Waals surface area contributed by atoms with Gasteiger partial charge in [-0.3, -0.25) is 4.79 Å². The number of thiazole rings is 1. The number of nitrogens with one attached hydrogen (secondary N) is 1. The number of anilines is 2. The highest BCUT2D eigenvalue weighted by atomic mass is 32.1. The molecule has 21 heavy (non-hydrogen) atoms.